The van der Waals surface area contributed by atoms with Crippen LogP contribution in [0.15, 0.2) is 18.2 Å². The van der Waals surface area contributed by atoms with Gasteiger partial charge in [-0.05, 0) is 68.2 Å². The molecule has 0 amide bonds. The second-order valence-corrected chi connectivity index (χ2v) is 6.98. The van der Waals surface area contributed by atoms with Gasteiger partial charge >= 0.3 is 0 Å². The van der Waals surface area contributed by atoms with E-state index >= 15 is 0 Å². The summed E-state index contributed by atoms with van der Waals surface area (Å²) in [6, 6.07) is 7.65. The summed E-state index contributed by atoms with van der Waals surface area (Å²) >= 11 is 0. The van der Waals surface area contributed by atoms with E-state index in [1.807, 2.05) is 0 Å². The summed E-state index contributed by atoms with van der Waals surface area (Å²) in [6.07, 6.45) is 8.28. The quantitative estimate of drug-likeness (QED) is 0.773. The molecule has 1 atom stereocenters. The van der Waals surface area contributed by atoms with Crippen LogP contribution in [-0.4, -0.2) is 12.6 Å². The molecule has 1 fully saturated rings. The van der Waals surface area contributed by atoms with Crippen LogP contribution in [0.5, 0.6) is 0 Å². The Morgan fingerprint density at radius 2 is 1.76 bits per heavy atom. The van der Waals surface area contributed by atoms with Crippen molar-refractivity contribution in [2.24, 2.45) is 11.8 Å². The highest BCUT2D eigenvalue weighted by atomic mass is 14.9. The maximum atomic E-state index is 3.77. The van der Waals surface area contributed by atoms with Gasteiger partial charge in [0.05, 0.1) is 0 Å². The fourth-order valence-electron chi connectivity index (χ4n) is 3.85. The Kier molecular flexibility index (Phi) is 6.29. The van der Waals surface area contributed by atoms with Crippen molar-refractivity contribution in [2.75, 3.05) is 6.54 Å². The zero-order chi connectivity index (χ0) is 15.2. The lowest BCUT2D eigenvalue weighted by molar-refractivity contribution is 0.218. The maximum Gasteiger partial charge on any atom is 0.0136 e. The molecular formula is C20H33N. The van der Waals surface area contributed by atoms with Gasteiger partial charge in [0.2, 0.25) is 0 Å². The predicted octanol–water partition coefficient (Wildman–Crippen LogP) is 5.04. The molecule has 21 heavy (non-hydrogen) atoms. The molecule has 0 spiro atoms. The highest BCUT2D eigenvalue weighted by Gasteiger charge is 2.26. The van der Waals surface area contributed by atoms with Crippen molar-refractivity contribution in [3.8, 4) is 0 Å². The highest BCUT2D eigenvalue weighted by molar-refractivity contribution is 5.30. The Bertz CT molecular complexity index is 429. The van der Waals surface area contributed by atoms with E-state index in [1.54, 1.807) is 0 Å². The van der Waals surface area contributed by atoms with Crippen molar-refractivity contribution in [3.05, 3.63) is 34.9 Å². The SMILES string of the molecule is CCNC(Cc1ccc(C)c(C)c1)C1CCC(CC)CC1. The van der Waals surface area contributed by atoms with Crippen LogP contribution in [0.25, 0.3) is 0 Å². The van der Waals surface area contributed by atoms with Crippen LogP contribution in [0.2, 0.25) is 0 Å². The minimum absolute atomic E-state index is 0.662. The number of rotatable bonds is 6. The Balaban J connectivity index is 2.00. The van der Waals surface area contributed by atoms with Crippen molar-refractivity contribution in [1.82, 2.24) is 5.32 Å². The van der Waals surface area contributed by atoms with Gasteiger partial charge in [-0.2, -0.15) is 0 Å². The molecule has 1 heteroatoms. The Morgan fingerprint density at radius 1 is 1.05 bits per heavy atom. The Labute approximate surface area is 131 Å². The molecule has 118 valence electrons. The van der Waals surface area contributed by atoms with Gasteiger partial charge in [0.25, 0.3) is 0 Å². The van der Waals surface area contributed by atoms with Crippen molar-refractivity contribution in [2.45, 2.75) is 72.3 Å². The number of hydrogen-bond donors (Lipinski definition) is 1. The van der Waals surface area contributed by atoms with Crippen molar-refractivity contribution in [1.29, 1.82) is 0 Å². The maximum absolute atomic E-state index is 3.77. The third kappa shape index (κ3) is 4.57. The number of aryl methyl sites for hydroxylation is 2. The fraction of sp³-hybridized carbons (Fsp3) is 0.700. The minimum Gasteiger partial charge on any atom is -0.314 e. The molecule has 0 bridgehead atoms. The molecule has 1 nitrogen and oxygen atoms in total. The van der Waals surface area contributed by atoms with Crippen molar-refractivity contribution >= 4 is 0 Å². The molecule has 1 aliphatic carbocycles. The molecule has 1 aromatic rings. The zero-order valence-corrected chi connectivity index (χ0v) is 14.4. The van der Waals surface area contributed by atoms with E-state index in [-0.39, 0.29) is 0 Å². The molecule has 0 saturated heterocycles. The summed E-state index contributed by atoms with van der Waals surface area (Å²) in [5, 5.41) is 3.77. The first kappa shape index (κ1) is 16.5. The first-order valence-electron chi connectivity index (χ1n) is 8.93. The molecule has 2 rings (SSSR count). The van der Waals surface area contributed by atoms with Gasteiger partial charge in [-0.25, -0.2) is 0 Å². The lowest BCUT2D eigenvalue weighted by Crippen LogP contribution is -2.39. The average Bonchev–Trinajstić information content (AvgIpc) is 2.50. The molecule has 1 aliphatic rings. The normalized spacial score (nSPS) is 24.0. The van der Waals surface area contributed by atoms with E-state index in [0.717, 1.165) is 18.4 Å². The summed E-state index contributed by atoms with van der Waals surface area (Å²) in [5.74, 6) is 1.86. The second kappa shape index (κ2) is 7.98. The molecular weight excluding hydrogens is 254 g/mol. The van der Waals surface area contributed by atoms with E-state index in [4.69, 9.17) is 0 Å². The van der Waals surface area contributed by atoms with E-state index in [9.17, 15) is 0 Å². The molecule has 0 radical (unpaired) electrons. The fourth-order valence-corrected chi connectivity index (χ4v) is 3.85. The Morgan fingerprint density at radius 3 is 2.33 bits per heavy atom. The van der Waals surface area contributed by atoms with Gasteiger partial charge in [-0.15, -0.1) is 0 Å². The number of benzene rings is 1. The second-order valence-electron chi connectivity index (χ2n) is 6.98. The molecule has 1 unspecified atom stereocenters. The van der Waals surface area contributed by atoms with Crippen LogP contribution in [0.1, 0.15) is 62.6 Å². The molecule has 1 saturated carbocycles. The largest absolute Gasteiger partial charge is 0.314 e. The number of likely N-dealkylation sites (N-methyl/N-ethyl adjacent to an activating group) is 1. The van der Waals surface area contributed by atoms with Gasteiger partial charge < -0.3 is 5.32 Å². The molecule has 0 aromatic heterocycles. The van der Waals surface area contributed by atoms with Crippen LogP contribution in [-0.2, 0) is 6.42 Å². The van der Waals surface area contributed by atoms with E-state index < -0.39 is 0 Å². The molecule has 0 heterocycles. The summed E-state index contributed by atoms with van der Waals surface area (Å²) < 4.78 is 0. The third-order valence-corrected chi connectivity index (χ3v) is 5.53. The van der Waals surface area contributed by atoms with Gasteiger partial charge in [0.1, 0.15) is 0 Å². The third-order valence-electron chi connectivity index (χ3n) is 5.53. The summed E-state index contributed by atoms with van der Waals surface area (Å²) in [4.78, 5) is 0. The Hall–Kier alpha value is -0.820. The molecule has 0 aliphatic heterocycles. The van der Waals surface area contributed by atoms with E-state index in [2.05, 4.69) is 51.2 Å². The molecule has 1 N–H and O–H groups in total. The van der Waals surface area contributed by atoms with Gasteiger partial charge in [-0.3, -0.25) is 0 Å². The monoisotopic (exact) mass is 287 g/mol. The van der Waals surface area contributed by atoms with Crippen LogP contribution in [0.4, 0.5) is 0 Å². The van der Waals surface area contributed by atoms with Crippen molar-refractivity contribution in [3.63, 3.8) is 0 Å². The first-order valence-corrected chi connectivity index (χ1v) is 8.93. The van der Waals surface area contributed by atoms with Crippen LogP contribution in [0, 0.1) is 25.7 Å². The molecule has 1 aromatic carbocycles. The van der Waals surface area contributed by atoms with Crippen molar-refractivity contribution < 1.29 is 0 Å². The summed E-state index contributed by atoms with van der Waals surface area (Å²) in [6.45, 7) is 10.1. The van der Waals surface area contributed by atoms with E-state index in [1.165, 1.54) is 55.2 Å². The topological polar surface area (TPSA) is 12.0 Å². The van der Waals surface area contributed by atoms with Crippen LogP contribution >= 0.6 is 0 Å². The van der Waals surface area contributed by atoms with Gasteiger partial charge in [0, 0.05) is 6.04 Å². The predicted molar refractivity (Wildman–Crippen MR) is 92.8 cm³/mol. The number of nitrogens with one attached hydrogen (secondary N) is 1. The van der Waals surface area contributed by atoms with Gasteiger partial charge in [0.15, 0.2) is 0 Å². The standard InChI is InChI=1S/C20H33N/c1-5-17-9-11-19(12-10-17)20(21-6-2)14-18-8-7-15(3)16(4)13-18/h7-8,13,17,19-21H,5-6,9-12,14H2,1-4H3. The lowest BCUT2D eigenvalue weighted by Gasteiger charge is -2.34. The summed E-state index contributed by atoms with van der Waals surface area (Å²) in [7, 11) is 0. The first-order chi connectivity index (χ1) is 10.1. The number of hydrogen-bond acceptors (Lipinski definition) is 1. The van der Waals surface area contributed by atoms with Crippen LogP contribution in [0.3, 0.4) is 0 Å². The summed E-state index contributed by atoms with van der Waals surface area (Å²) in [5.41, 5.74) is 4.33. The highest BCUT2D eigenvalue weighted by Crippen LogP contribution is 2.33. The van der Waals surface area contributed by atoms with E-state index in [0.29, 0.717) is 6.04 Å². The zero-order valence-electron chi connectivity index (χ0n) is 14.4. The smallest absolute Gasteiger partial charge is 0.0136 e. The average molecular weight is 287 g/mol. The minimum atomic E-state index is 0.662. The van der Waals surface area contributed by atoms with Gasteiger partial charge in [-0.1, -0.05) is 51.3 Å². The van der Waals surface area contributed by atoms with Crippen LogP contribution < -0.4 is 5.32 Å². The lowest BCUT2D eigenvalue weighted by atomic mass is 9.76.